The highest BCUT2D eigenvalue weighted by Gasteiger charge is 2.11. The van der Waals surface area contributed by atoms with E-state index in [-0.39, 0.29) is 0 Å². The van der Waals surface area contributed by atoms with E-state index in [4.69, 9.17) is 18.9 Å². The number of methoxy groups -OCH3 is 3. The molecule has 0 aliphatic rings. The number of hydrogen-bond acceptors (Lipinski definition) is 5. The number of fused-ring (bicyclic) bond motifs is 1. The summed E-state index contributed by atoms with van der Waals surface area (Å²) in [4.78, 5) is 4.45. The fourth-order valence-electron chi connectivity index (χ4n) is 2.46. The lowest BCUT2D eigenvalue weighted by atomic mass is 10.2. The van der Waals surface area contributed by atoms with E-state index < -0.39 is 0 Å². The first-order valence-electron chi connectivity index (χ1n) is 7.51. The fraction of sp³-hybridized carbons (Fsp3) is 0.211. The maximum absolute atomic E-state index is 5.83. The van der Waals surface area contributed by atoms with Crippen molar-refractivity contribution in [2.45, 2.75) is 6.61 Å². The highest BCUT2D eigenvalue weighted by atomic mass is 16.5. The van der Waals surface area contributed by atoms with Gasteiger partial charge in [0.15, 0.2) is 11.5 Å². The maximum atomic E-state index is 5.83. The second-order valence-electron chi connectivity index (χ2n) is 5.18. The van der Waals surface area contributed by atoms with Crippen LogP contribution in [0.15, 0.2) is 48.7 Å². The van der Waals surface area contributed by atoms with Crippen LogP contribution in [0, 0.1) is 0 Å². The summed E-state index contributed by atoms with van der Waals surface area (Å²) in [6.45, 7) is 0.463. The average Bonchev–Trinajstić information content (AvgIpc) is 2.65. The summed E-state index contributed by atoms with van der Waals surface area (Å²) in [5.74, 6) is 2.80. The van der Waals surface area contributed by atoms with E-state index in [2.05, 4.69) is 4.98 Å². The molecule has 0 atom stereocenters. The minimum absolute atomic E-state index is 0.463. The molecule has 0 aliphatic heterocycles. The van der Waals surface area contributed by atoms with Crippen molar-refractivity contribution in [2.75, 3.05) is 21.3 Å². The molecule has 0 aliphatic carbocycles. The molecule has 1 aromatic heterocycles. The van der Waals surface area contributed by atoms with Crippen LogP contribution in [-0.4, -0.2) is 26.3 Å². The Kier molecular flexibility index (Phi) is 4.70. The zero-order valence-corrected chi connectivity index (χ0v) is 13.9. The van der Waals surface area contributed by atoms with Crippen LogP contribution < -0.4 is 18.9 Å². The molecule has 0 saturated heterocycles. The predicted octanol–water partition coefficient (Wildman–Crippen LogP) is 3.84. The SMILES string of the molecule is COc1ccc(COc2cnc3c(OC)c(OC)ccc3c2)cc1. The Bertz CT molecular complexity index is 831. The van der Waals surface area contributed by atoms with Crippen LogP contribution in [0.4, 0.5) is 0 Å². The van der Waals surface area contributed by atoms with Crippen molar-refractivity contribution in [2.24, 2.45) is 0 Å². The molecular formula is C19H19NO4. The number of hydrogen-bond donors (Lipinski definition) is 0. The van der Waals surface area contributed by atoms with Crippen LogP contribution in [0.2, 0.25) is 0 Å². The van der Waals surface area contributed by atoms with E-state index in [0.29, 0.717) is 23.9 Å². The topological polar surface area (TPSA) is 49.8 Å². The summed E-state index contributed by atoms with van der Waals surface area (Å²) in [5, 5.41) is 0.930. The first-order chi connectivity index (χ1) is 11.7. The van der Waals surface area contributed by atoms with Gasteiger partial charge < -0.3 is 18.9 Å². The van der Waals surface area contributed by atoms with E-state index in [1.54, 1.807) is 27.5 Å². The molecular weight excluding hydrogens is 306 g/mol. The van der Waals surface area contributed by atoms with Gasteiger partial charge in [-0.2, -0.15) is 0 Å². The lowest BCUT2D eigenvalue weighted by Gasteiger charge is -2.11. The molecule has 0 unspecified atom stereocenters. The molecule has 0 fully saturated rings. The van der Waals surface area contributed by atoms with Crippen molar-refractivity contribution < 1.29 is 18.9 Å². The van der Waals surface area contributed by atoms with Gasteiger partial charge in [-0.15, -0.1) is 0 Å². The highest BCUT2D eigenvalue weighted by molar-refractivity contribution is 5.88. The lowest BCUT2D eigenvalue weighted by molar-refractivity contribution is 0.305. The third-order valence-corrected chi connectivity index (χ3v) is 3.73. The molecule has 0 bridgehead atoms. The number of nitrogens with zero attached hydrogens (tertiary/aromatic N) is 1. The second-order valence-corrected chi connectivity index (χ2v) is 5.18. The molecule has 3 aromatic rings. The van der Waals surface area contributed by atoms with Gasteiger partial charge in [-0.25, -0.2) is 4.98 Å². The third-order valence-electron chi connectivity index (χ3n) is 3.73. The van der Waals surface area contributed by atoms with Gasteiger partial charge in [-0.3, -0.25) is 0 Å². The van der Waals surface area contributed by atoms with Crippen molar-refractivity contribution in [3.05, 3.63) is 54.2 Å². The summed E-state index contributed by atoms with van der Waals surface area (Å²) >= 11 is 0. The molecule has 2 aromatic carbocycles. The quantitative estimate of drug-likeness (QED) is 0.689. The molecule has 5 heteroatoms. The molecule has 5 nitrogen and oxygen atoms in total. The van der Waals surface area contributed by atoms with E-state index >= 15 is 0 Å². The van der Waals surface area contributed by atoms with Gasteiger partial charge in [-0.05, 0) is 35.9 Å². The minimum atomic E-state index is 0.463. The predicted molar refractivity (Wildman–Crippen MR) is 92.2 cm³/mol. The van der Waals surface area contributed by atoms with Gasteiger partial charge in [0.1, 0.15) is 23.6 Å². The van der Waals surface area contributed by atoms with E-state index in [0.717, 1.165) is 22.2 Å². The molecule has 0 saturated carbocycles. The van der Waals surface area contributed by atoms with E-state index in [9.17, 15) is 0 Å². The largest absolute Gasteiger partial charge is 0.497 e. The van der Waals surface area contributed by atoms with Crippen molar-refractivity contribution in [3.8, 4) is 23.0 Å². The van der Waals surface area contributed by atoms with Crippen LogP contribution in [-0.2, 0) is 6.61 Å². The molecule has 1 heterocycles. The second kappa shape index (κ2) is 7.08. The summed E-state index contributed by atoms with van der Waals surface area (Å²) in [6, 6.07) is 13.5. The fourth-order valence-corrected chi connectivity index (χ4v) is 2.46. The van der Waals surface area contributed by atoms with Crippen LogP contribution in [0.5, 0.6) is 23.0 Å². The number of pyridine rings is 1. The number of ether oxygens (including phenoxy) is 4. The van der Waals surface area contributed by atoms with Gasteiger partial charge in [0.05, 0.1) is 27.5 Å². The van der Waals surface area contributed by atoms with Crippen molar-refractivity contribution in [3.63, 3.8) is 0 Å². The number of benzene rings is 2. The van der Waals surface area contributed by atoms with E-state index in [1.165, 1.54) is 0 Å². The Balaban J connectivity index is 1.80. The average molecular weight is 325 g/mol. The van der Waals surface area contributed by atoms with Gasteiger partial charge >= 0.3 is 0 Å². The standard InChI is InChI=1S/C19H19NO4/c1-21-15-7-4-13(5-8-15)12-24-16-10-14-6-9-17(22-2)19(23-3)18(14)20-11-16/h4-11H,12H2,1-3H3. The monoisotopic (exact) mass is 325 g/mol. The van der Waals surface area contributed by atoms with Gasteiger partial charge in [-0.1, -0.05) is 12.1 Å². The van der Waals surface area contributed by atoms with Gasteiger partial charge in [0.2, 0.25) is 0 Å². The minimum Gasteiger partial charge on any atom is -0.497 e. The van der Waals surface area contributed by atoms with Crippen LogP contribution in [0.25, 0.3) is 10.9 Å². The van der Waals surface area contributed by atoms with Crippen LogP contribution in [0.1, 0.15) is 5.56 Å². The molecule has 124 valence electrons. The Morgan fingerprint density at radius 2 is 1.62 bits per heavy atom. The zero-order chi connectivity index (χ0) is 16.9. The van der Waals surface area contributed by atoms with Crippen LogP contribution in [0.3, 0.4) is 0 Å². The molecule has 0 radical (unpaired) electrons. The molecule has 0 spiro atoms. The first-order valence-corrected chi connectivity index (χ1v) is 7.51. The zero-order valence-electron chi connectivity index (χ0n) is 13.9. The smallest absolute Gasteiger partial charge is 0.187 e. The van der Waals surface area contributed by atoms with Crippen molar-refractivity contribution in [1.82, 2.24) is 4.98 Å². The number of rotatable bonds is 6. The van der Waals surface area contributed by atoms with Crippen molar-refractivity contribution >= 4 is 10.9 Å². The summed E-state index contributed by atoms with van der Waals surface area (Å²) < 4.78 is 21.7. The van der Waals surface area contributed by atoms with Crippen molar-refractivity contribution in [1.29, 1.82) is 0 Å². The summed E-state index contributed by atoms with van der Waals surface area (Å²) in [6.07, 6.45) is 1.69. The summed E-state index contributed by atoms with van der Waals surface area (Å²) in [5.41, 5.74) is 1.80. The maximum Gasteiger partial charge on any atom is 0.187 e. The third kappa shape index (κ3) is 3.20. The Hall–Kier alpha value is -2.95. The summed E-state index contributed by atoms with van der Waals surface area (Å²) in [7, 11) is 4.86. The Morgan fingerprint density at radius 3 is 2.29 bits per heavy atom. The Labute approximate surface area is 140 Å². The molecule has 0 N–H and O–H groups in total. The van der Waals surface area contributed by atoms with Gasteiger partial charge in [0, 0.05) is 5.39 Å². The number of aromatic nitrogens is 1. The van der Waals surface area contributed by atoms with E-state index in [1.807, 2.05) is 42.5 Å². The molecule has 24 heavy (non-hydrogen) atoms. The lowest BCUT2D eigenvalue weighted by Crippen LogP contribution is -1.97. The highest BCUT2D eigenvalue weighted by Crippen LogP contribution is 2.35. The first kappa shape index (κ1) is 15.9. The normalized spacial score (nSPS) is 10.5. The Morgan fingerprint density at radius 1 is 0.833 bits per heavy atom. The molecule has 3 rings (SSSR count). The van der Waals surface area contributed by atoms with Crippen LogP contribution >= 0.6 is 0 Å². The van der Waals surface area contributed by atoms with Gasteiger partial charge in [0.25, 0.3) is 0 Å². The molecule has 0 amide bonds.